The molecule has 2 rings (SSSR count). The maximum absolute atomic E-state index is 12.8. The van der Waals surface area contributed by atoms with Crippen LogP contribution in [0.15, 0.2) is 0 Å². The summed E-state index contributed by atoms with van der Waals surface area (Å²) in [5.74, 6) is -0.760. The lowest BCUT2D eigenvalue weighted by Gasteiger charge is -2.39. The third-order valence-electron chi connectivity index (χ3n) is 5.22. The first-order chi connectivity index (χ1) is 9.43. The molecule has 1 saturated carbocycles. The van der Waals surface area contributed by atoms with Gasteiger partial charge in [0.05, 0.1) is 5.41 Å². The number of hydrogen-bond acceptors (Lipinski definition) is 3. The van der Waals surface area contributed by atoms with E-state index in [1.807, 2.05) is 13.8 Å². The number of rotatable bonds is 4. The van der Waals surface area contributed by atoms with Gasteiger partial charge in [0.1, 0.15) is 5.54 Å². The van der Waals surface area contributed by atoms with Crippen LogP contribution >= 0.6 is 0 Å². The molecule has 1 atom stereocenters. The Bertz CT molecular complexity index is 381. The van der Waals surface area contributed by atoms with Crippen LogP contribution in [0.2, 0.25) is 0 Å². The Kier molecular flexibility index (Phi) is 4.37. The first-order valence-corrected chi connectivity index (χ1v) is 7.70. The fourth-order valence-electron chi connectivity index (χ4n) is 3.55. The summed E-state index contributed by atoms with van der Waals surface area (Å²) < 4.78 is 0. The maximum atomic E-state index is 12.8. The Morgan fingerprint density at radius 1 is 1.15 bits per heavy atom. The van der Waals surface area contributed by atoms with Crippen molar-refractivity contribution in [2.75, 3.05) is 13.1 Å². The van der Waals surface area contributed by atoms with Gasteiger partial charge in [0.2, 0.25) is 5.91 Å². The summed E-state index contributed by atoms with van der Waals surface area (Å²) >= 11 is 0. The molecule has 1 unspecified atom stereocenters. The molecule has 1 saturated heterocycles. The van der Waals surface area contributed by atoms with E-state index in [9.17, 15) is 14.7 Å². The number of hydrogen-bond donors (Lipinski definition) is 3. The van der Waals surface area contributed by atoms with Crippen molar-refractivity contribution in [3.63, 3.8) is 0 Å². The Hall–Kier alpha value is -1.10. The van der Waals surface area contributed by atoms with Crippen molar-refractivity contribution in [1.82, 2.24) is 10.6 Å². The molecule has 114 valence electrons. The lowest BCUT2D eigenvalue weighted by Crippen LogP contribution is -2.60. The van der Waals surface area contributed by atoms with Gasteiger partial charge in [-0.1, -0.05) is 33.1 Å². The molecule has 0 aromatic rings. The van der Waals surface area contributed by atoms with Crippen LogP contribution in [0.1, 0.15) is 52.4 Å². The Balaban J connectivity index is 2.17. The normalized spacial score (nSPS) is 29.4. The summed E-state index contributed by atoms with van der Waals surface area (Å²) in [5, 5.41) is 15.7. The van der Waals surface area contributed by atoms with Gasteiger partial charge in [-0.05, 0) is 31.7 Å². The molecule has 20 heavy (non-hydrogen) atoms. The molecule has 0 aromatic carbocycles. The first-order valence-electron chi connectivity index (χ1n) is 7.70. The van der Waals surface area contributed by atoms with E-state index in [1.54, 1.807) is 0 Å². The predicted molar refractivity (Wildman–Crippen MR) is 76.4 cm³/mol. The predicted octanol–water partition coefficient (Wildman–Crippen LogP) is 1.53. The number of amides is 1. The zero-order valence-corrected chi connectivity index (χ0v) is 12.5. The lowest BCUT2D eigenvalue weighted by atomic mass is 9.73. The molecule has 1 amide bonds. The monoisotopic (exact) mass is 282 g/mol. The fourth-order valence-corrected chi connectivity index (χ4v) is 3.55. The second kappa shape index (κ2) is 5.72. The number of nitrogens with one attached hydrogen (secondary N) is 2. The van der Waals surface area contributed by atoms with Crippen molar-refractivity contribution in [2.24, 2.45) is 11.3 Å². The minimum atomic E-state index is -1.04. The molecule has 1 heterocycles. The molecular formula is C15H26N2O3. The highest BCUT2D eigenvalue weighted by atomic mass is 16.4. The summed E-state index contributed by atoms with van der Waals surface area (Å²) in [6, 6.07) is 0. The van der Waals surface area contributed by atoms with Crippen LogP contribution in [0.5, 0.6) is 0 Å². The summed E-state index contributed by atoms with van der Waals surface area (Å²) in [7, 11) is 0. The van der Waals surface area contributed by atoms with E-state index in [0.717, 1.165) is 32.2 Å². The second-order valence-electron chi connectivity index (χ2n) is 6.64. The fraction of sp³-hybridized carbons (Fsp3) is 0.867. The van der Waals surface area contributed by atoms with Gasteiger partial charge in [-0.2, -0.15) is 0 Å². The molecule has 1 aliphatic heterocycles. The molecular weight excluding hydrogens is 256 g/mol. The summed E-state index contributed by atoms with van der Waals surface area (Å²) in [4.78, 5) is 24.4. The van der Waals surface area contributed by atoms with Crippen LogP contribution in [-0.2, 0) is 9.59 Å². The Morgan fingerprint density at radius 2 is 1.80 bits per heavy atom. The van der Waals surface area contributed by atoms with E-state index in [2.05, 4.69) is 10.6 Å². The van der Waals surface area contributed by atoms with Crippen molar-refractivity contribution in [3.8, 4) is 0 Å². The van der Waals surface area contributed by atoms with E-state index in [-0.39, 0.29) is 11.8 Å². The number of aliphatic carboxylic acids is 1. The molecule has 1 aliphatic carbocycles. The van der Waals surface area contributed by atoms with Crippen LogP contribution in [0.3, 0.4) is 0 Å². The zero-order valence-electron chi connectivity index (χ0n) is 12.5. The van der Waals surface area contributed by atoms with Gasteiger partial charge in [-0.3, -0.25) is 4.79 Å². The molecule has 0 radical (unpaired) electrons. The minimum Gasteiger partial charge on any atom is -0.480 e. The van der Waals surface area contributed by atoms with Crippen LogP contribution in [0.4, 0.5) is 0 Å². The van der Waals surface area contributed by atoms with Gasteiger partial charge in [0, 0.05) is 6.54 Å². The quantitative estimate of drug-likeness (QED) is 0.730. The smallest absolute Gasteiger partial charge is 0.329 e. The van der Waals surface area contributed by atoms with Crippen LogP contribution in [-0.4, -0.2) is 35.6 Å². The van der Waals surface area contributed by atoms with E-state index in [4.69, 9.17) is 0 Å². The van der Waals surface area contributed by atoms with Crippen LogP contribution in [0.25, 0.3) is 0 Å². The van der Waals surface area contributed by atoms with Crippen molar-refractivity contribution >= 4 is 11.9 Å². The zero-order chi connectivity index (χ0) is 14.8. The molecule has 2 fully saturated rings. The highest BCUT2D eigenvalue weighted by molar-refractivity contribution is 5.90. The minimum absolute atomic E-state index is 0.0817. The number of carbonyl (C=O) groups excluding carboxylic acids is 1. The highest BCUT2D eigenvalue weighted by Crippen LogP contribution is 2.36. The van der Waals surface area contributed by atoms with E-state index >= 15 is 0 Å². The largest absolute Gasteiger partial charge is 0.480 e. The SMILES string of the molecule is CC(C)C1(C(=O)NC2(C(=O)O)CCCCC2)CCNC1. The third-order valence-corrected chi connectivity index (χ3v) is 5.22. The molecule has 0 bridgehead atoms. The van der Waals surface area contributed by atoms with Gasteiger partial charge in [0.25, 0.3) is 0 Å². The first kappa shape index (κ1) is 15.3. The summed E-state index contributed by atoms with van der Waals surface area (Å²) in [6.07, 6.45) is 4.69. The van der Waals surface area contributed by atoms with Gasteiger partial charge >= 0.3 is 5.97 Å². The second-order valence-corrected chi connectivity index (χ2v) is 6.64. The van der Waals surface area contributed by atoms with Crippen molar-refractivity contribution in [1.29, 1.82) is 0 Å². The third kappa shape index (κ3) is 2.55. The Labute approximate surface area is 120 Å². The Morgan fingerprint density at radius 3 is 2.25 bits per heavy atom. The van der Waals surface area contributed by atoms with Crippen molar-refractivity contribution in [2.45, 2.75) is 57.9 Å². The number of carboxylic acids is 1. The van der Waals surface area contributed by atoms with Crippen LogP contribution in [0, 0.1) is 11.3 Å². The van der Waals surface area contributed by atoms with Crippen molar-refractivity contribution in [3.05, 3.63) is 0 Å². The van der Waals surface area contributed by atoms with Gasteiger partial charge in [-0.25, -0.2) is 4.79 Å². The lowest BCUT2D eigenvalue weighted by molar-refractivity contribution is -0.151. The van der Waals surface area contributed by atoms with E-state index in [0.29, 0.717) is 19.4 Å². The molecule has 3 N–H and O–H groups in total. The van der Waals surface area contributed by atoms with Crippen molar-refractivity contribution < 1.29 is 14.7 Å². The highest BCUT2D eigenvalue weighted by Gasteiger charge is 2.49. The molecule has 5 heteroatoms. The van der Waals surface area contributed by atoms with E-state index in [1.165, 1.54) is 0 Å². The molecule has 2 aliphatic rings. The number of carbonyl (C=O) groups is 2. The van der Waals surface area contributed by atoms with Gasteiger partial charge in [-0.15, -0.1) is 0 Å². The summed E-state index contributed by atoms with van der Waals surface area (Å²) in [5.41, 5.74) is -1.50. The summed E-state index contributed by atoms with van der Waals surface area (Å²) in [6.45, 7) is 5.56. The van der Waals surface area contributed by atoms with Crippen LogP contribution < -0.4 is 10.6 Å². The molecule has 0 spiro atoms. The molecule has 0 aromatic heterocycles. The standard InChI is InChI=1S/C15H26N2O3/c1-11(2)14(8-9-16-10-14)12(18)17-15(13(19)20)6-4-3-5-7-15/h11,16H,3-10H2,1-2H3,(H,17,18)(H,19,20). The topological polar surface area (TPSA) is 78.4 Å². The maximum Gasteiger partial charge on any atom is 0.329 e. The average Bonchev–Trinajstić information content (AvgIpc) is 2.90. The van der Waals surface area contributed by atoms with Gasteiger partial charge in [0.15, 0.2) is 0 Å². The molecule has 5 nitrogen and oxygen atoms in total. The van der Waals surface area contributed by atoms with Gasteiger partial charge < -0.3 is 15.7 Å². The average molecular weight is 282 g/mol. The van der Waals surface area contributed by atoms with E-state index < -0.39 is 16.9 Å². The number of carboxylic acid groups (broad SMARTS) is 1.